The van der Waals surface area contributed by atoms with Crippen LogP contribution in [0.5, 0.6) is 0 Å². The van der Waals surface area contributed by atoms with Crippen LogP contribution in [0, 0.1) is 23.1 Å². The van der Waals surface area contributed by atoms with Crippen LogP contribution in [0.3, 0.4) is 0 Å². The van der Waals surface area contributed by atoms with Gasteiger partial charge in [0.15, 0.2) is 0 Å². The number of rotatable bonds is 2. The molecule has 2 aromatic rings. The largest absolute Gasteiger partial charge is 0.348 e. The molecule has 0 unspecified atom stereocenters. The minimum Gasteiger partial charge on any atom is -0.348 e. The molecule has 0 aliphatic rings. The number of carbonyl (C=O) groups excluding carboxylic acids is 1. The number of pyridine rings is 1. The lowest BCUT2D eigenvalue weighted by molar-refractivity contribution is 0.0905. The molecule has 0 radical (unpaired) electrons. The van der Waals surface area contributed by atoms with Crippen LogP contribution < -0.4 is 5.32 Å². The number of halogens is 1. The molecule has 0 aliphatic heterocycles. The van der Waals surface area contributed by atoms with E-state index in [2.05, 4.69) is 42.9 Å². The van der Waals surface area contributed by atoms with Crippen molar-refractivity contribution >= 4 is 5.91 Å². The van der Waals surface area contributed by atoms with E-state index in [1.54, 1.807) is 30.5 Å². The summed E-state index contributed by atoms with van der Waals surface area (Å²) in [6.07, 6.45) is 1.54. The van der Waals surface area contributed by atoms with E-state index in [0.717, 1.165) is 0 Å². The summed E-state index contributed by atoms with van der Waals surface area (Å²) in [5.74, 6) is 5.25. The van der Waals surface area contributed by atoms with Gasteiger partial charge in [-0.25, -0.2) is 9.37 Å². The quantitative estimate of drug-likeness (QED) is 0.847. The summed E-state index contributed by atoms with van der Waals surface area (Å²) >= 11 is 0. The lowest BCUT2D eigenvalue weighted by Crippen LogP contribution is -2.41. The molecule has 2 rings (SSSR count). The number of hydrogen-bond donors (Lipinski definition) is 1. The molecule has 0 aliphatic carbocycles. The second-order valence-electron chi connectivity index (χ2n) is 6.75. The first-order valence-corrected chi connectivity index (χ1v) is 7.80. The lowest BCUT2D eigenvalue weighted by Gasteiger charge is -2.27. The molecule has 4 heteroatoms. The number of carbonyl (C=O) groups is 1. The van der Waals surface area contributed by atoms with Crippen LogP contribution >= 0.6 is 0 Å². The average molecular weight is 326 g/mol. The van der Waals surface area contributed by atoms with Crippen LogP contribution in [0.2, 0.25) is 0 Å². The van der Waals surface area contributed by atoms with Gasteiger partial charge in [-0.2, -0.15) is 0 Å². The number of amides is 1. The van der Waals surface area contributed by atoms with Crippen molar-refractivity contribution in [1.82, 2.24) is 10.3 Å². The van der Waals surface area contributed by atoms with Crippen molar-refractivity contribution in [2.75, 3.05) is 0 Å². The lowest BCUT2D eigenvalue weighted by atomic mass is 9.88. The van der Waals surface area contributed by atoms with Gasteiger partial charge in [0.05, 0.1) is 0 Å². The van der Waals surface area contributed by atoms with Crippen LogP contribution in [0.4, 0.5) is 4.39 Å². The normalized spacial score (nSPS) is 12.0. The van der Waals surface area contributed by atoms with Gasteiger partial charge in [-0.3, -0.25) is 4.79 Å². The van der Waals surface area contributed by atoms with Gasteiger partial charge in [-0.1, -0.05) is 38.7 Å². The molecule has 24 heavy (non-hydrogen) atoms. The average Bonchev–Trinajstić information content (AvgIpc) is 2.52. The zero-order valence-electron chi connectivity index (χ0n) is 14.4. The molecule has 0 bridgehead atoms. The molecule has 0 spiro atoms. The fourth-order valence-electron chi connectivity index (χ4n) is 1.80. The van der Waals surface area contributed by atoms with E-state index in [-0.39, 0.29) is 24.6 Å². The highest BCUT2D eigenvalue weighted by molar-refractivity contribution is 5.92. The molecule has 1 amide bonds. The summed E-state index contributed by atoms with van der Waals surface area (Å²) in [6, 6.07) is 9.49. The van der Waals surface area contributed by atoms with Gasteiger partial charge in [-0.15, -0.1) is 0 Å². The van der Waals surface area contributed by atoms with Crippen molar-refractivity contribution in [2.45, 2.75) is 33.7 Å². The summed E-state index contributed by atoms with van der Waals surface area (Å²) in [7, 11) is 0. The molecule has 0 saturated carbocycles. The first-order valence-electron chi connectivity index (χ1n) is 7.80. The van der Waals surface area contributed by atoms with Crippen molar-refractivity contribution in [3.8, 4) is 11.8 Å². The Morgan fingerprint density at radius 2 is 1.92 bits per heavy atom. The van der Waals surface area contributed by atoms with Gasteiger partial charge in [0.25, 0.3) is 5.91 Å². The molecular weight excluding hydrogens is 303 g/mol. The Hall–Kier alpha value is -2.67. The Morgan fingerprint density at radius 1 is 1.21 bits per heavy atom. The summed E-state index contributed by atoms with van der Waals surface area (Å²) in [6.45, 7) is 8.17. The van der Waals surface area contributed by atoms with Crippen molar-refractivity contribution in [3.05, 3.63) is 65.2 Å². The smallest absolute Gasteiger partial charge is 0.270 e. The third-order valence-corrected chi connectivity index (χ3v) is 3.82. The van der Waals surface area contributed by atoms with Crippen molar-refractivity contribution in [1.29, 1.82) is 0 Å². The van der Waals surface area contributed by atoms with Gasteiger partial charge in [0.1, 0.15) is 11.5 Å². The fraction of sp³-hybridized carbons (Fsp3) is 0.300. The molecule has 1 aromatic carbocycles. The van der Waals surface area contributed by atoms with Gasteiger partial charge in [-0.05, 0) is 42.7 Å². The maximum Gasteiger partial charge on any atom is 0.270 e. The minimum atomic E-state index is -0.320. The predicted octanol–water partition coefficient (Wildman–Crippen LogP) is 4.03. The Morgan fingerprint density at radius 3 is 2.50 bits per heavy atom. The topological polar surface area (TPSA) is 42.0 Å². The molecule has 0 saturated heterocycles. The van der Waals surface area contributed by atoms with E-state index in [9.17, 15) is 9.18 Å². The van der Waals surface area contributed by atoms with E-state index in [0.29, 0.717) is 16.8 Å². The maximum atomic E-state index is 13.1. The summed E-state index contributed by atoms with van der Waals surface area (Å²) in [4.78, 5) is 16.3. The van der Waals surface area contributed by atoms with E-state index in [1.807, 2.05) is 6.92 Å². The first-order chi connectivity index (χ1) is 11.3. The zero-order valence-corrected chi connectivity index (χ0v) is 14.4. The van der Waals surface area contributed by atoms with Crippen LogP contribution in [0.15, 0.2) is 42.6 Å². The highest BCUT2D eigenvalue weighted by Gasteiger charge is 2.22. The van der Waals surface area contributed by atoms with E-state index >= 15 is 0 Å². The van der Waals surface area contributed by atoms with Crippen molar-refractivity contribution in [3.63, 3.8) is 0 Å². The van der Waals surface area contributed by atoms with Crippen molar-refractivity contribution < 1.29 is 10.6 Å². The van der Waals surface area contributed by atoms with Gasteiger partial charge < -0.3 is 5.32 Å². The van der Waals surface area contributed by atoms with E-state index in [4.69, 9.17) is 0 Å². The Kier molecular flexibility index (Phi) is 5.35. The molecule has 1 atom stereocenters. The SMILES string of the molecule is C[C@H](NC(=O)c1ccc(C#Cc2cccc(F)c2)cn1)C(C)(C)C.[HH]. The third kappa shape index (κ3) is 4.92. The van der Waals surface area contributed by atoms with Gasteiger partial charge in [0, 0.05) is 24.8 Å². The highest BCUT2D eigenvalue weighted by atomic mass is 19.1. The summed E-state index contributed by atoms with van der Waals surface area (Å²) in [5, 5.41) is 2.94. The zero-order chi connectivity index (χ0) is 17.7. The number of benzene rings is 1. The molecule has 1 heterocycles. The standard InChI is InChI=1S/C20H21FN2O.H2/c1-14(20(2,3)4)23-19(24)18-11-10-16(13-22-18)9-8-15-6-5-7-17(21)12-15;/h5-7,10-14H,1-4H3,(H,23,24);1H/t14-;/m0./s1. The van der Waals surface area contributed by atoms with E-state index in [1.165, 1.54) is 12.1 Å². The minimum absolute atomic E-state index is 0. The van der Waals surface area contributed by atoms with Gasteiger partial charge in [0.2, 0.25) is 0 Å². The monoisotopic (exact) mass is 326 g/mol. The van der Waals surface area contributed by atoms with Crippen molar-refractivity contribution in [2.24, 2.45) is 5.41 Å². The predicted molar refractivity (Wildman–Crippen MR) is 95.1 cm³/mol. The number of hydrogen-bond acceptors (Lipinski definition) is 2. The second-order valence-corrected chi connectivity index (χ2v) is 6.75. The molecule has 0 fully saturated rings. The molecule has 3 nitrogen and oxygen atoms in total. The molecule has 1 N–H and O–H groups in total. The first kappa shape index (κ1) is 17.7. The Balaban J connectivity index is 0.00000312. The number of nitrogens with one attached hydrogen (secondary N) is 1. The summed E-state index contributed by atoms with van der Waals surface area (Å²) in [5.41, 5.74) is 1.59. The van der Waals surface area contributed by atoms with Crippen LogP contribution in [0.1, 0.15) is 50.7 Å². The fourth-order valence-corrected chi connectivity index (χ4v) is 1.80. The van der Waals surface area contributed by atoms with Crippen LogP contribution in [-0.4, -0.2) is 16.9 Å². The number of aromatic nitrogens is 1. The van der Waals surface area contributed by atoms with E-state index < -0.39 is 0 Å². The third-order valence-electron chi connectivity index (χ3n) is 3.82. The second kappa shape index (κ2) is 7.27. The van der Waals surface area contributed by atoms with Crippen LogP contribution in [-0.2, 0) is 0 Å². The highest BCUT2D eigenvalue weighted by Crippen LogP contribution is 2.18. The Bertz CT molecular complexity index is 786. The van der Waals surface area contributed by atoms with Gasteiger partial charge >= 0.3 is 0 Å². The van der Waals surface area contributed by atoms with Crippen LogP contribution in [0.25, 0.3) is 0 Å². The summed E-state index contributed by atoms with van der Waals surface area (Å²) < 4.78 is 13.1. The molecule has 1 aromatic heterocycles. The number of nitrogens with zero attached hydrogens (tertiary/aromatic N) is 1. The maximum absolute atomic E-state index is 13.1. The molecular formula is C20H23FN2O. The Labute approximate surface area is 143 Å². The molecule has 126 valence electrons.